The molecule has 1 saturated carbocycles. The summed E-state index contributed by atoms with van der Waals surface area (Å²) in [5.41, 5.74) is 1.75. The number of hydrogen-bond acceptors (Lipinski definition) is 3. The maximum absolute atomic E-state index is 6.32. The zero-order valence-corrected chi connectivity index (χ0v) is 14.3. The van der Waals surface area contributed by atoms with Gasteiger partial charge in [-0.25, -0.2) is 4.98 Å². The van der Waals surface area contributed by atoms with Crippen LogP contribution in [0.25, 0.3) is 11.4 Å². The summed E-state index contributed by atoms with van der Waals surface area (Å²) in [6.45, 7) is 6.92. The topological polar surface area (TPSA) is 35.0 Å². The summed E-state index contributed by atoms with van der Waals surface area (Å²) in [6.07, 6.45) is 5.75. The fraction of sp³-hybridized carbons (Fsp3) is 0.500. The quantitative estimate of drug-likeness (QED) is 0.798. The number of nitrogens with zero attached hydrogens (tertiary/aromatic N) is 2. The minimum absolute atomic E-state index is 0.269. The van der Waals surface area contributed by atoms with Gasteiger partial charge in [-0.3, -0.25) is 4.98 Å². The zero-order chi connectivity index (χ0) is 16.2. The fourth-order valence-corrected chi connectivity index (χ4v) is 3.54. The van der Waals surface area contributed by atoms with Crippen molar-refractivity contribution in [1.82, 2.24) is 9.97 Å². The highest BCUT2D eigenvalue weighted by molar-refractivity contribution is 5.54. The van der Waals surface area contributed by atoms with E-state index in [1.54, 1.807) is 6.20 Å². The molecular formula is C20H26N2O. The van der Waals surface area contributed by atoms with Crippen molar-refractivity contribution in [2.75, 3.05) is 0 Å². The van der Waals surface area contributed by atoms with Gasteiger partial charge in [0.15, 0.2) is 0 Å². The molecule has 1 aliphatic carbocycles. The van der Waals surface area contributed by atoms with E-state index in [1.165, 1.54) is 12.8 Å². The van der Waals surface area contributed by atoms with Gasteiger partial charge >= 0.3 is 0 Å². The predicted octanol–water partition coefficient (Wildman–Crippen LogP) is 4.98. The van der Waals surface area contributed by atoms with E-state index in [9.17, 15) is 0 Å². The van der Waals surface area contributed by atoms with E-state index in [0.717, 1.165) is 29.6 Å². The monoisotopic (exact) mass is 310 g/mol. The molecule has 3 heteroatoms. The molecule has 0 spiro atoms. The smallest absolute Gasteiger partial charge is 0.214 e. The Bertz CT molecular complexity index is 627. The molecular weight excluding hydrogens is 284 g/mol. The van der Waals surface area contributed by atoms with Gasteiger partial charge in [-0.1, -0.05) is 39.3 Å². The Kier molecular flexibility index (Phi) is 4.94. The molecule has 1 aliphatic rings. The van der Waals surface area contributed by atoms with Gasteiger partial charge in [0.05, 0.1) is 11.4 Å². The third kappa shape index (κ3) is 3.90. The second-order valence-electron chi connectivity index (χ2n) is 7.06. The molecule has 3 atom stereocenters. The fourth-order valence-electron chi connectivity index (χ4n) is 3.54. The maximum Gasteiger partial charge on any atom is 0.214 e. The van der Waals surface area contributed by atoms with E-state index >= 15 is 0 Å². The maximum atomic E-state index is 6.32. The molecule has 3 rings (SSSR count). The van der Waals surface area contributed by atoms with Gasteiger partial charge in [-0.05, 0) is 48.8 Å². The van der Waals surface area contributed by atoms with Crippen LogP contribution >= 0.6 is 0 Å². The molecule has 122 valence electrons. The highest BCUT2D eigenvalue weighted by Gasteiger charge is 2.32. The number of hydrogen-bond donors (Lipinski definition) is 0. The number of pyridine rings is 2. The highest BCUT2D eigenvalue weighted by Crippen LogP contribution is 2.35. The minimum Gasteiger partial charge on any atom is -0.474 e. The van der Waals surface area contributed by atoms with Crippen LogP contribution in [0.1, 0.15) is 40.0 Å². The van der Waals surface area contributed by atoms with Crippen molar-refractivity contribution in [3.8, 4) is 17.3 Å². The molecule has 0 aliphatic heterocycles. The van der Waals surface area contributed by atoms with Gasteiger partial charge in [-0.15, -0.1) is 0 Å². The first-order valence-corrected chi connectivity index (χ1v) is 8.68. The zero-order valence-electron chi connectivity index (χ0n) is 14.3. The molecule has 2 aromatic rings. The minimum atomic E-state index is 0.269. The molecule has 0 unspecified atom stereocenters. The van der Waals surface area contributed by atoms with Gasteiger partial charge < -0.3 is 4.74 Å². The first-order chi connectivity index (χ1) is 11.1. The van der Waals surface area contributed by atoms with E-state index in [-0.39, 0.29) is 6.10 Å². The van der Waals surface area contributed by atoms with Crippen LogP contribution in [0.15, 0.2) is 42.6 Å². The van der Waals surface area contributed by atoms with Crippen molar-refractivity contribution in [2.24, 2.45) is 17.8 Å². The molecule has 0 aromatic carbocycles. The van der Waals surface area contributed by atoms with E-state index < -0.39 is 0 Å². The van der Waals surface area contributed by atoms with Gasteiger partial charge in [-0.2, -0.15) is 0 Å². The molecule has 0 saturated heterocycles. The van der Waals surface area contributed by atoms with Crippen molar-refractivity contribution in [3.05, 3.63) is 42.6 Å². The van der Waals surface area contributed by atoms with E-state index in [0.29, 0.717) is 11.8 Å². The van der Waals surface area contributed by atoms with E-state index in [2.05, 4.69) is 30.7 Å². The van der Waals surface area contributed by atoms with Gasteiger partial charge in [0.2, 0.25) is 5.88 Å². The predicted molar refractivity (Wildman–Crippen MR) is 93.2 cm³/mol. The molecule has 23 heavy (non-hydrogen) atoms. The van der Waals surface area contributed by atoms with Gasteiger partial charge in [0.25, 0.3) is 0 Å². The van der Waals surface area contributed by atoms with Crippen molar-refractivity contribution < 1.29 is 4.74 Å². The normalized spacial score (nSPS) is 24.6. The van der Waals surface area contributed by atoms with Crippen LogP contribution in [0.3, 0.4) is 0 Å². The molecule has 3 nitrogen and oxygen atoms in total. The summed E-state index contributed by atoms with van der Waals surface area (Å²) in [4.78, 5) is 9.05. The lowest BCUT2D eigenvalue weighted by molar-refractivity contribution is 0.0427. The molecule has 2 aromatic heterocycles. The first-order valence-electron chi connectivity index (χ1n) is 8.68. The second-order valence-corrected chi connectivity index (χ2v) is 7.06. The summed E-state index contributed by atoms with van der Waals surface area (Å²) >= 11 is 0. The summed E-state index contributed by atoms with van der Waals surface area (Å²) < 4.78 is 6.32. The second kappa shape index (κ2) is 7.12. The Labute approximate surface area is 139 Å². The lowest BCUT2D eigenvalue weighted by Gasteiger charge is -2.37. The highest BCUT2D eigenvalue weighted by atomic mass is 16.5. The van der Waals surface area contributed by atoms with Crippen LogP contribution in [-0.4, -0.2) is 16.1 Å². The van der Waals surface area contributed by atoms with Crippen molar-refractivity contribution in [1.29, 1.82) is 0 Å². The Balaban J connectivity index is 1.79. The van der Waals surface area contributed by atoms with Gasteiger partial charge in [0, 0.05) is 12.3 Å². The van der Waals surface area contributed by atoms with Crippen molar-refractivity contribution in [3.63, 3.8) is 0 Å². The standard InChI is InChI=1S/C20H26N2O/c1-14(2)16-11-10-15(3)13-19(16)23-20-9-6-8-18(22-20)17-7-4-5-12-21-17/h4-9,12,14-16,19H,10-11,13H2,1-3H3/t15-,16+,19-/m1/s1. The summed E-state index contributed by atoms with van der Waals surface area (Å²) in [5.74, 6) is 2.71. The molecule has 0 bridgehead atoms. The largest absolute Gasteiger partial charge is 0.474 e. The average Bonchev–Trinajstić information content (AvgIpc) is 2.56. The van der Waals surface area contributed by atoms with E-state index in [4.69, 9.17) is 4.74 Å². The molecule has 0 radical (unpaired) electrons. The van der Waals surface area contributed by atoms with Crippen LogP contribution in [0.5, 0.6) is 5.88 Å². The summed E-state index contributed by atoms with van der Waals surface area (Å²) in [7, 11) is 0. The lowest BCUT2D eigenvalue weighted by Crippen LogP contribution is -2.36. The first kappa shape index (κ1) is 16.0. The Morgan fingerprint density at radius 3 is 2.61 bits per heavy atom. The molecule has 1 fully saturated rings. The average molecular weight is 310 g/mol. The third-order valence-corrected chi connectivity index (χ3v) is 4.88. The van der Waals surface area contributed by atoms with Crippen LogP contribution in [0.4, 0.5) is 0 Å². The Morgan fingerprint density at radius 1 is 1.04 bits per heavy atom. The number of aromatic nitrogens is 2. The number of rotatable bonds is 4. The molecule has 0 amide bonds. The number of ether oxygens (including phenoxy) is 1. The van der Waals surface area contributed by atoms with Crippen LogP contribution < -0.4 is 4.74 Å². The Morgan fingerprint density at radius 2 is 1.87 bits per heavy atom. The van der Waals surface area contributed by atoms with Gasteiger partial charge in [0.1, 0.15) is 6.10 Å². The lowest BCUT2D eigenvalue weighted by atomic mass is 9.75. The summed E-state index contributed by atoms with van der Waals surface area (Å²) in [6, 6.07) is 11.8. The van der Waals surface area contributed by atoms with Crippen molar-refractivity contribution >= 4 is 0 Å². The van der Waals surface area contributed by atoms with Crippen LogP contribution in [0, 0.1) is 17.8 Å². The molecule has 0 N–H and O–H groups in total. The SMILES string of the molecule is CC(C)[C@@H]1CC[C@@H](C)C[C@H]1Oc1cccc(-c2ccccn2)n1. The van der Waals surface area contributed by atoms with Crippen LogP contribution in [0.2, 0.25) is 0 Å². The van der Waals surface area contributed by atoms with E-state index in [1.807, 2.05) is 36.4 Å². The third-order valence-electron chi connectivity index (χ3n) is 4.88. The van der Waals surface area contributed by atoms with Crippen molar-refractivity contribution in [2.45, 2.75) is 46.1 Å². The van der Waals surface area contributed by atoms with Crippen LogP contribution in [-0.2, 0) is 0 Å². The Hall–Kier alpha value is -1.90. The molecule has 2 heterocycles. The summed E-state index contributed by atoms with van der Waals surface area (Å²) in [5, 5.41) is 0.